The van der Waals surface area contributed by atoms with Crippen LogP contribution in [0.3, 0.4) is 0 Å². The van der Waals surface area contributed by atoms with Crippen molar-refractivity contribution < 1.29 is 23.8 Å². The molecule has 1 saturated heterocycles. The van der Waals surface area contributed by atoms with Crippen LogP contribution in [0.5, 0.6) is 11.5 Å². The number of benzene rings is 3. The van der Waals surface area contributed by atoms with Gasteiger partial charge in [-0.3, -0.25) is 9.59 Å². The lowest BCUT2D eigenvalue weighted by Crippen LogP contribution is -2.47. The van der Waals surface area contributed by atoms with Crippen molar-refractivity contribution in [2.75, 3.05) is 26.5 Å². The van der Waals surface area contributed by atoms with Crippen LogP contribution in [-0.4, -0.2) is 54.2 Å². The topological polar surface area (TPSA) is 68.3 Å². The van der Waals surface area contributed by atoms with E-state index in [0.29, 0.717) is 37.7 Å². The summed E-state index contributed by atoms with van der Waals surface area (Å²) in [6.07, 6.45) is 1.74. The third kappa shape index (κ3) is 6.66. The number of hydrogen-bond acceptors (Lipinski definition) is 6. The first-order valence-corrected chi connectivity index (χ1v) is 15.2. The normalized spacial score (nSPS) is 15.6. The molecule has 0 radical (unpaired) electrons. The van der Waals surface area contributed by atoms with Crippen LogP contribution in [0.25, 0.3) is 0 Å². The molecular formula is C34H34N2O5S. The van der Waals surface area contributed by atoms with Gasteiger partial charge in [-0.2, -0.15) is 0 Å². The van der Waals surface area contributed by atoms with Gasteiger partial charge in [-0.1, -0.05) is 72.8 Å². The Kier molecular flexibility index (Phi) is 8.82. The highest BCUT2D eigenvalue weighted by Crippen LogP contribution is 2.33. The first-order chi connectivity index (χ1) is 20.6. The molecule has 4 aromatic rings. The summed E-state index contributed by atoms with van der Waals surface area (Å²) in [6.45, 7) is 2.04. The Morgan fingerprint density at radius 2 is 1.57 bits per heavy atom. The fourth-order valence-electron chi connectivity index (χ4n) is 5.56. The minimum absolute atomic E-state index is 0.0369. The largest absolute Gasteiger partial charge is 0.454 e. The lowest BCUT2D eigenvalue weighted by molar-refractivity contribution is -0.142. The predicted molar refractivity (Wildman–Crippen MR) is 161 cm³/mol. The van der Waals surface area contributed by atoms with Crippen LogP contribution < -0.4 is 9.47 Å². The van der Waals surface area contributed by atoms with E-state index in [1.54, 1.807) is 16.2 Å². The highest BCUT2D eigenvalue weighted by atomic mass is 32.1. The molecule has 1 aromatic heterocycles. The van der Waals surface area contributed by atoms with Gasteiger partial charge in [-0.15, -0.1) is 11.3 Å². The third-order valence-corrected chi connectivity index (χ3v) is 8.55. The van der Waals surface area contributed by atoms with Gasteiger partial charge in [0, 0.05) is 24.6 Å². The number of hydrogen-bond donors (Lipinski definition) is 0. The van der Waals surface area contributed by atoms with E-state index >= 15 is 0 Å². The van der Waals surface area contributed by atoms with Gasteiger partial charge in [0.25, 0.3) is 0 Å². The van der Waals surface area contributed by atoms with E-state index in [4.69, 9.17) is 14.2 Å². The molecule has 2 aliphatic rings. The minimum Gasteiger partial charge on any atom is -0.454 e. The second kappa shape index (κ2) is 13.2. The number of thiophene rings is 1. The molecule has 8 heteroatoms. The molecule has 42 heavy (non-hydrogen) atoms. The molecule has 1 unspecified atom stereocenters. The number of amides is 2. The first kappa shape index (κ1) is 28.0. The molecule has 3 aromatic carbocycles. The Morgan fingerprint density at radius 1 is 0.833 bits per heavy atom. The number of rotatable bonds is 11. The van der Waals surface area contributed by atoms with Gasteiger partial charge in [-0.05, 0) is 53.1 Å². The minimum atomic E-state index is -0.527. The molecule has 216 valence electrons. The molecule has 6 rings (SSSR count). The highest BCUT2D eigenvalue weighted by Gasteiger charge is 2.32. The zero-order chi connectivity index (χ0) is 28.7. The lowest BCUT2D eigenvalue weighted by atomic mass is 9.90. The summed E-state index contributed by atoms with van der Waals surface area (Å²) in [6, 6.07) is 29.4. The predicted octanol–water partition coefficient (Wildman–Crippen LogP) is 5.85. The second-order valence-corrected chi connectivity index (χ2v) is 11.7. The van der Waals surface area contributed by atoms with Crippen LogP contribution in [0.2, 0.25) is 0 Å². The van der Waals surface area contributed by atoms with Crippen molar-refractivity contribution in [2.24, 2.45) is 0 Å². The Hall–Kier alpha value is -4.14. The van der Waals surface area contributed by atoms with E-state index < -0.39 is 5.92 Å². The van der Waals surface area contributed by atoms with Gasteiger partial charge >= 0.3 is 0 Å². The molecule has 1 fully saturated rings. The van der Waals surface area contributed by atoms with Crippen LogP contribution in [0, 0.1) is 0 Å². The Labute approximate surface area is 250 Å². The fourth-order valence-corrected chi connectivity index (χ4v) is 6.28. The van der Waals surface area contributed by atoms with Crippen molar-refractivity contribution in [1.82, 2.24) is 9.80 Å². The fraction of sp³-hybridized carbons (Fsp3) is 0.294. The van der Waals surface area contributed by atoms with E-state index in [9.17, 15) is 9.59 Å². The number of ether oxygens (including phenoxy) is 3. The average molecular weight is 583 g/mol. The number of carbonyl (C=O) groups is 2. The number of nitrogens with zero attached hydrogens (tertiary/aromatic N) is 2. The Morgan fingerprint density at radius 3 is 2.24 bits per heavy atom. The summed E-state index contributed by atoms with van der Waals surface area (Å²) in [5.41, 5.74) is 2.73. The van der Waals surface area contributed by atoms with E-state index in [-0.39, 0.29) is 31.3 Å². The highest BCUT2D eigenvalue weighted by molar-refractivity contribution is 7.09. The van der Waals surface area contributed by atoms with E-state index in [1.807, 2.05) is 101 Å². The molecular weight excluding hydrogens is 548 g/mol. The molecule has 2 aliphatic heterocycles. The van der Waals surface area contributed by atoms with E-state index in [1.165, 1.54) is 0 Å². The van der Waals surface area contributed by atoms with Crippen molar-refractivity contribution in [2.45, 2.75) is 38.0 Å². The van der Waals surface area contributed by atoms with Gasteiger partial charge in [0.05, 0.1) is 25.1 Å². The smallest absolute Gasteiger partial charge is 0.242 e. The van der Waals surface area contributed by atoms with Gasteiger partial charge < -0.3 is 24.0 Å². The molecule has 0 aliphatic carbocycles. The quantitative estimate of drug-likeness (QED) is 0.222. The zero-order valence-corrected chi connectivity index (χ0v) is 24.2. The summed E-state index contributed by atoms with van der Waals surface area (Å²) in [4.78, 5) is 33.2. The summed E-state index contributed by atoms with van der Waals surface area (Å²) < 4.78 is 17.0. The first-order valence-electron chi connectivity index (χ1n) is 14.3. The molecule has 1 atom stereocenters. The zero-order valence-electron chi connectivity index (χ0n) is 23.4. The van der Waals surface area contributed by atoms with Gasteiger partial charge in [0.1, 0.15) is 0 Å². The van der Waals surface area contributed by atoms with Crippen molar-refractivity contribution >= 4 is 23.2 Å². The number of fused-ring (bicyclic) bond motifs is 1. The van der Waals surface area contributed by atoms with Crippen LogP contribution in [0.15, 0.2) is 96.4 Å². The summed E-state index contributed by atoms with van der Waals surface area (Å²) in [5, 5.41) is 2.01. The molecule has 0 spiro atoms. The number of carbonyl (C=O) groups excluding carboxylic acids is 2. The maximum atomic E-state index is 14.5. The van der Waals surface area contributed by atoms with Gasteiger partial charge in [0.2, 0.25) is 18.6 Å². The van der Waals surface area contributed by atoms with Crippen molar-refractivity contribution in [3.63, 3.8) is 0 Å². The van der Waals surface area contributed by atoms with Crippen LogP contribution in [-0.2, 0) is 27.4 Å². The maximum Gasteiger partial charge on any atom is 0.242 e. The SMILES string of the molecule is O=C(CN(CC1CCCO1)C(=O)C(c1ccccc1)c1ccccc1)N(Cc1ccc2c(c1)OCO2)Cc1cccs1. The van der Waals surface area contributed by atoms with E-state index in [2.05, 4.69) is 0 Å². The van der Waals surface area contributed by atoms with Crippen molar-refractivity contribution in [1.29, 1.82) is 0 Å². The van der Waals surface area contributed by atoms with Crippen molar-refractivity contribution in [3.05, 3.63) is 118 Å². The second-order valence-electron chi connectivity index (χ2n) is 10.6. The molecule has 2 amide bonds. The Balaban J connectivity index is 1.29. The standard InChI is InChI=1S/C34H34N2O5S/c37-32(35(22-29-14-8-18-42-29)20-25-15-16-30-31(19-25)41-24-40-30)23-36(21-28-13-7-17-39-28)34(38)33(26-9-3-1-4-10-26)27-11-5-2-6-12-27/h1-6,8-12,14-16,18-19,28,33H,7,13,17,20-24H2. The molecule has 3 heterocycles. The van der Waals surface area contributed by atoms with Gasteiger partial charge in [0.15, 0.2) is 11.5 Å². The van der Waals surface area contributed by atoms with E-state index in [0.717, 1.165) is 34.4 Å². The molecule has 7 nitrogen and oxygen atoms in total. The van der Waals surface area contributed by atoms with Gasteiger partial charge in [-0.25, -0.2) is 0 Å². The summed E-state index contributed by atoms with van der Waals surface area (Å²) in [7, 11) is 0. The molecule has 0 bridgehead atoms. The lowest BCUT2D eigenvalue weighted by Gasteiger charge is -2.32. The summed E-state index contributed by atoms with van der Waals surface area (Å²) in [5.74, 6) is 0.639. The summed E-state index contributed by atoms with van der Waals surface area (Å²) >= 11 is 1.61. The van der Waals surface area contributed by atoms with Crippen LogP contribution >= 0.6 is 11.3 Å². The Bertz CT molecular complexity index is 1430. The monoisotopic (exact) mass is 582 g/mol. The third-order valence-electron chi connectivity index (χ3n) is 7.69. The van der Waals surface area contributed by atoms with Crippen LogP contribution in [0.4, 0.5) is 0 Å². The maximum absolute atomic E-state index is 14.5. The molecule has 0 saturated carbocycles. The average Bonchev–Trinajstić information content (AvgIpc) is 3.81. The molecule has 0 N–H and O–H groups in total. The van der Waals surface area contributed by atoms with Crippen LogP contribution in [0.1, 0.15) is 40.3 Å². The van der Waals surface area contributed by atoms with Crippen molar-refractivity contribution in [3.8, 4) is 11.5 Å².